The van der Waals surface area contributed by atoms with Crippen molar-refractivity contribution in [1.29, 1.82) is 5.26 Å². The van der Waals surface area contributed by atoms with Crippen molar-refractivity contribution in [2.24, 2.45) is 0 Å². The van der Waals surface area contributed by atoms with Gasteiger partial charge in [-0.25, -0.2) is 0 Å². The van der Waals surface area contributed by atoms with Gasteiger partial charge in [0.2, 0.25) is 0 Å². The summed E-state index contributed by atoms with van der Waals surface area (Å²) in [6.45, 7) is 3.38. The van der Waals surface area contributed by atoms with Gasteiger partial charge in [-0.15, -0.1) is 0 Å². The summed E-state index contributed by atoms with van der Waals surface area (Å²) in [6, 6.07) is 9.47. The predicted molar refractivity (Wildman–Crippen MR) is 103 cm³/mol. The summed E-state index contributed by atoms with van der Waals surface area (Å²) in [6.07, 6.45) is 1.29. The van der Waals surface area contributed by atoms with Crippen molar-refractivity contribution >= 4 is 35.0 Å². The van der Waals surface area contributed by atoms with E-state index < -0.39 is 10.8 Å². The Morgan fingerprint density at radius 3 is 2.59 bits per heavy atom. The van der Waals surface area contributed by atoms with Gasteiger partial charge in [-0.05, 0) is 37.1 Å². The molecule has 0 aliphatic heterocycles. The molecule has 0 radical (unpaired) electrons. The molecule has 2 aromatic rings. The molecule has 0 fully saturated rings. The number of ether oxygens (including phenoxy) is 1. The zero-order valence-corrected chi connectivity index (χ0v) is 15.6. The van der Waals surface area contributed by atoms with Crippen LogP contribution in [0.1, 0.15) is 16.7 Å². The Balaban J connectivity index is 2.36. The summed E-state index contributed by atoms with van der Waals surface area (Å²) in [5.41, 5.74) is 1.66. The first kappa shape index (κ1) is 19.9. The topological polar surface area (TPSA) is 105 Å². The fraction of sp³-hybridized carbons (Fsp3) is 0.158. The van der Waals surface area contributed by atoms with Gasteiger partial charge >= 0.3 is 0 Å². The maximum atomic E-state index is 12.5. The van der Waals surface area contributed by atoms with E-state index >= 15 is 0 Å². The molecule has 0 heterocycles. The highest BCUT2D eigenvalue weighted by atomic mass is 35.5. The van der Waals surface area contributed by atoms with Crippen molar-refractivity contribution in [3.8, 4) is 11.8 Å². The second-order valence-electron chi connectivity index (χ2n) is 5.73. The van der Waals surface area contributed by atoms with Gasteiger partial charge in [-0.3, -0.25) is 14.9 Å². The molecule has 0 unspecified atom stereocenters. The van der Waals surface area contributed by atoms with Gasteiger partial charge in [0, 0.05) is 22.7 Å². The summed E-state index contributed by atoms with van der Waals surface area (Å²) in [7, 11) is 1.43. The Bertz CT molecular complexity index is 993. The number of halogens is 1. The van der Waals surface area contributed by atoms with Crippen LogP contribution in [-0.2, 0) is 4.79 Å². The van der Waals surface area contributed by atoms with E-state index in [0.29, 0.717) is 27.6 Å². The third-order valence-corrected chi connectivity index (χ3v) is 4.24. The van der Waals surface area contributed by atoms with Crippen LogP contribution in [0.5, 0.6) is 5.75 Å². The highest BCUT2D eigenvalue weighted by Gasteiger charge is 2.15. The largest absolute Gasteiger partial charge is 0.495 e. The first-order valence-electron chi connectivity index (χ1n) is 7.79. The van der Waals surface area contributed by atoms with E-state index in [2.05, 4.69) is 5.32 Å². The lowest BCUT2D eigenvalue weighted by molar-refractivity contribution is -0.385. The predicted octanol–water partition coefficient (Wildman–Crippen LogP) is 4.42. The minimum Gasteiger partial charge on any atom is -0.495 e. The fourth-order valence-corrected chi connectivity index (χ4v) is 2.50. The average molecular weight is 386 g/mol. The summed E-state index contributed by atoms with van der Waals surface area (Å²) >= 11 is 6.04. The van der Waals surface area contributed by atoms with E-state index in [1.54, 1.807) is 38.1 Å². The molecule has 7 nitrogen and oxygen atoms in total. The number of nitriles is 1. The van der Waals surface area contributed by atoms with Gasteiger partial charge in [0.25, 0.3) is 11.6 Å². The van der Waals surface area contributed by atoms with Crippen LogP contribution in [-0.4, -0.2) is 17.9 Å². The van der Waals surface area contributed by atoms with Gasteiger partial charge in [-0.2, -0.15) is 5.26 Å². The monoisotopic (exact) mass is 385 g/mol. The van der Waals surface area contributed by atoms with Gasteiger partial charge < -0.3 is 10.1 Å². The number of carbonyl (C=O) groups is 1. The molecule has 0 aliphatic carbocycles. The molecule has 2 aromatic carbocycles. The third-order valence-electron chi connectivity index (χ3n) is 3.83. The zero-order chi connectivity index (χ0) is 20.1. The molecule has 0 saturated heterocycles. The van der Waals surface area contributed by atoms with Crippen LogP contribution in [0, 0.1) is 35.3 Å². The lowest BCUT2D eigenvalue weighted by Gasteiger charge is -2.12. The van der Waals surface area contributed by atoms with Gasteiger partial charge in [0.15, 0.2) is 0 Å². The van der Waals surface area contributed by atoms with Crippen molar-refractivity contribution in [1.82, 2.24) is 0 Å². The Morgan fingerprint density at radius 1 is 1.30 bits per heavy atom. The summed E-state index contributed by atoms with van der Waals surface area (Å²) in [5, 5.41) is 23.5. The SMILES string of the molecule is COc1cc(Cl)c(C)cc1NC(=O)/C(C#N)=C/c1ccc(C)c([N+](=O)[O-])c1. The zero-order valence-electron chi connectivity index (χ0n) is 14.9. The number of carbonyl (C=O) groups excluding carboxylic acids is 1. The number of nitro benzene ring substituents is 1. The molecule has 8 heteroatoms. The van der Waals surface area contributed by atoms with Crippen molar-refractivity contribution in [3.05, 3.63) is 67.7 Å². The minimum atomic E-state index is -0.666. The molecule has 27 heavy (non-hydrogen) atoms. The molecular weight excluding hydrogens is 370 g/mol. The average Bonchev–Trinajstić information content (AvgIpc) is 2.63. The second-order valence-corrected chi connectivity index (χ2v) is 6.14. The number of nitro groups is 1. The third kappa shape index (κ3) is 4.63. The van der Waals surface area contributed by atoms with Crippen LogP contribution >= 0.6 is 11.6 Å². The number of rotatable bonds is 5. The second kappa shape index (κ2) is 8.34. The number of nitrogens with one attached hydrogen (secondary N) is 1. The molecule has 2 rings (SSSR count). The molecule has 0 atom stereocenters. The van der Waals surface area contributed by atoms with Crippen LogP contribution in [0.3, 0.4) is 0 Å². The molecule has 1 N–H and O–H groups in total. The summed E-state index contributed by atoms with van der Waals surface area (Å²) in [4.78, 5) is 23.0. The number of nitrogens with zero attached hydrogens (tertiary/aromatic N) is 2. The van der Waals surface area contributed by atoms with Crippen LogP contribution in [0.15, 0.2) is 35.9 Å². The molecule has 0 spiro atoms. The van der Waals surface area contributed by atoms with E-state index in [1.165, 1.54) is 19.3 Å². The van der Waals surface area contributed by atoms with Crippen LogP contribution < -0.4 is 10.1 Å². The highest BCUT2D eigenvalue weighted by molar-refractivity contribution is 6.31. The van der Waals surface area contributed by atoms with E-state index in [0.717, 1.165) is 5.56 Å². The van der Waals surface area contributed by atoms with Crippen molar-refractivity contribution in [2.75, 3.05) is 12.4 Å². The van der Waals surface area contributed by atoms with E-state index in [9.17, 15) is 20.2 Å². The van der Waals surface area contributed by atoms with Gasteiger partial charge in [0.05, 0.1) is 17.7 Å². The van der Waals surface area contributed by atoms with Crippen molar-refractivity contribution in [2.45, 2.75) is 13.8 Å². The number of hydrogen-bond donors (Lipinski definition) is 1. The fourth-order valence-electron chi connectivity index (χ4n) is 2.35. The first-order chi connectivity index (χ1) is 12.8. The Hall–Kier alpha value is -3.37. The number of anilines is 1. The van der Waals surface area contributed by atoms with Crippen molar-refractivity contribution < 1.29 is 14.5 Å². The standard InChI is InChI=1S/C19H16ClN3O4/c1-11-4-5-13(8-17(11)23(25)26)7-14(10-21)19(24)22-16-6-12(2)15(20)9-18(16)27-3/h4-9H,1-3H3,(H,22,24)/b14-7+. The molecule has 0 aromatic heterocycles. The maximum Gasteiger partial charge on any atom is 0.272 e. The Morgan fingerprint density at radius 2 is 2.00 bits per heavy atom. The number of hydrogen-bond acceptors (Lipinski definition) is 5. The molecule has 1 amide bonds. The lowest BCUT2D eigenvalue weighted by Crippen LogP contribution is -2.14. The van der Waals surface area contributed by atoms with E-state index in [-0.39, 0.29) is 11.3 Å². The van der Waals surface area contributed by atoms with E-state index in [4.69, 9.17) is 16.3 Å². The first-order valence-corrected chi connectivity index (χ1v) is 8.17. The van der Waals surface area contributed by atoms with Gasteiger partial charge in [-0.1, -0.05) is 23.7 Å². The van der Waals surface area contributed by atoms with Crippen molar-refractivity contribution in [3.63, 3.8) is 0 Å². The lowest BCUT2D eigenvalue weighted by atomic mass is 10.1. The smallest absolute Gasteiger partial charge is 0.272 e. The maximum absolute atomic E-state index is 12.5. The quantitative estimate of drug-likeness (QED) is 0.355. The minimum absolute atomic E-state index is 0.0866. The molecule has 0 aliphatic rings. The van der Waals surface area contributed by atoms with Gasteiger partial charge in [0.1, 0.15) is 17.4 Å². The molecule has 138 valence electrons. The Kier molecular flexibility index (Phi) is 6.16. The Labute approximate surface area is 161 Å². The summed E-state index contributed by atoms with van der Waals surface area (Å²) < 4.78 is 5.19. The normalized spacial score (nSPS) is 10.9. The number of aryl methyl sites for hydroxylation is 2. The highest BCUT2D eigenvalue weighted by Crippen LogP contribution is 2.31. The number of methoxy groups -OCH3 is 1. The number of benzene rings is 2. The molecule has 0 bridgehead atoms. The molecule has 0 saturated carbocycles. The van der Waals surface area contributed by atoms with E-state index in [1.807, 2.05) is 6.07 Å². The number of amides is 1. The van der Waals surface area contributed by atoms with Crippen LogP contribution in [0.4, 0.5) is 11.4 Å². The molecular formula is C19H16ClN3O4. The van der Waals surface area contributed by atoms with Crippen LogP contribution in [0.2, 0.25) is 5.02 Å². The van der Waals surface area contributed by atoms with Crippen LogP contribution in [0.25, 0.3) is 6.08 Å². The summed E-state index contributed by atoms with van der Waals surface area (Å²) in [5.74, 6) is -0.317.